The van der Waals surface area contributed by atoms with Crippen molar-refractivity contribution in [3.63, 3.8) is 0 Å². The van der Waals surface area contributed by atoms with E-state index in [9.17, 15) is 9.18 Å². The van der Waals surface area contributed by atoms with Crippen molar-refractivity contribution in [2.75, 3.05) is 13.7 Å². The van der Waals surface area contributed by atoms with Gasteiger partial charge in [0.25, 0.3) is 0 Å². The van der Waals surface area contributed by atoms with Gasteiger partial charge in [0.15, 0.2) is 0 Å². The second-order valence-corrected chi connectivity index (χ2v) is 1.23. The number of methoxy groups -OCH3 is 1. The molecule has 9 heavy (non-hydrogen) atoms. The summed E-state index contributed by atoms with van der Waals surface area (Å²) < 4.78 is 16.0. The number of carbonyl (C=O) groups excluding carboxylic acids is 1. The Hall–Kier alpha value is -0.900. The summed E-state index contributed by atoms with van der Waals surface area (Å²) in [6.07, 6.45) is 0.728. The Morgan fingerprint density at radius 2 is 2.44 bits per heavy atom. The smallest absolute Gasteiger partial charge is 0.366 e. The van der Waals surface area contributed by atoms with Crippen LogP contribution in [0.15, 0.2) is 11.9 Å². The van der Waals surface area contributed by atoms with E-state index < -0.39 is 18.4 Å². The molecule has 0 amide bonds. The van der Waals surface area contributed by atoms with Crippen LogP contribution in [0.5, 0.6) is 0 Å². The monoisotopic (exact) mass is 134 g/mol. The molecule has 0 saturated heterocycles. The summed E-state index contributed by atoms with van der Waals surface area (Å²) in [6, 6.07) is 0. The van der Waals surface area contributed by atoms with Crippen LogP contribution in [-0.2, 0) is 9.53 Å². The summed E-state index contributed by atoms with van der Waals surface area (Å²) in [5, 5.41) is 8.06. The quantitative estimate of drug-likeness (QED) is 0.427. The van der Waals surface area contributed by atoms with Crippen LogP contribution in [0.2, 0.25) is 0 Å². The fourth-order valence-corrected chi connectivity index (χ4v) is 0.261. The first kappa shape index (κ1) is 8.10. The highest BCUT2D eigenvalue weighted by atomic mass is 19.1. The van der Waals surface area contributed by atoms with Gasteiger partial charge in [-0.1, -0.05) is 0 Å². The van der Waals surface area contributed by atoms with Gasteiger partial charge in [0.05, 0.1) is 13.7 Å². The molecule has 0 aromatic heterocycles. The van der Waals surface area contributed by atoms with Gasteiger partial charge in [-0.3, -0.25) is 0 Å². The van der Waals surface area contributed by atoms with E-state index in [0.717, 1.165) is 13.2 Å². The maximum atomic E-state index is 12.0. The lowest BCUT2D eigenvalue weighted by atomic mass is 10.5. The summed E-state index contributed by atoms with van der Waals surface area (Å²) >= 11 is 0. The van der Waals surface area contributed by atoms with Crippen molar-refractivity contribution in [1.82, 2.24) is 0 Å². The SMILES string of the molecule is COC(=O)/C(F)=C/CO. The summed E-state index contributed by atoms with van der Waals surface area (Å²) in [7, 11) is 1.06. The first-order valence-electron chi connectivity index (χ1n) is 2.27. The summed E-state index contributed by atoms with van der Waals surface area (Å²) in [5.74, 6) is -2.14. The molecule has 0 aliphatic heterocycles. The van der Waals surface area contributed by atoms with Crippen LogP contribution in [0, 0.1) is 0 Å². The Kier molecular flexibility index (Phi) is 3.62. The van der Waals surface area contributed by atoms with Gasteiger partial charge in [-0.05, 0) is 6.08 Å². The van der Waals surface area contributed by atoms with E-state index in [1.807, 2.05) is 0 Å². The lowest BCUT2D eigenvalue weighted by molar-refractivity contribution is -0.137. The van der Waals surface area contributed by atoms with Gasteiger partial charge in [-0.25, -0.2) is 4.79 Å². The minimum Gasteiger partial charge on any atom is -0.464 e. The highest BCUT2D eigenvalue weighted by Crippen LogP contribution is 1.96. The predicted molar refractivity (Wildman–Crippen MR) is 28.3 cm³/mol. The molecule has 0 spiro atoms. The maximum Gasteiger partial charge on any atom is 0.366 e. The third-order valence-electron chi connectivity index (χ3n) is 0.651. The number of ether oxygens (including phenoxy) is 1. The summed E-state index contributed by atoms with van der Waals surface area (Å²) in [5.41, 5.74) is 0. The van der Waals surface area contributed by atoms with E-state index in [2.05, 4.69) is 4.74 Å². The van der Waals surface area contributed by atoms with Gasteiger partial charge in [0.1, 0.15) is 0 Å². The van der Waals surface area contributed by atoms with Crippen molar-refractivity contribution in [2.24, 2.45) is 0 Å². The maximum absolute atomic E-state index is 12.0. The van der Waals surface area contributed by atoms with Gasteiger partial charge in [-0.15, -0.1) is 0 Å². The Morgan fingerprint density at radius 3 is 2.78 bits per heavy atom. The Labute approximate surface area is 51.7 Å². The molecule has 52 valence electrons. The standard InChI is InChI=1S/C5H7FO3/c1-9-5(8)4(6)2-3-7/h2,7H,3H2,1H3/b4-2-. The zero-order valence-corrected chi connectivity index (χ0v) is 4.93. The average Bonchev–Trinajstić information content (AvgIpc) is 1.87. The third kappa shape index (κ3) is 2.81. The minimum atomic E-state index is -1.07. The number of hydrogen-bond donors (Lipinski definition) is 1. The molecule has 0 unspecified atom stereocenters. The van der Waals surface area contributed by atoms with Crippen LogP contribution in [0.3, 0.4) is 0 Å². The van der Waals surface area contributed by atoms with E-state index >= 15 is 0 Å². The summed E-state index contributed by atoms with van der Waals surface area (Å²) in [6.45, 7) is -0.499. The average molecular weight is 134 g/mol. The number of hydrogen-bond acceptors (Lipinski definition) is 3. The van der Waals surface area contributed by atoms with E-state index in [-0.39, 0.29) is 0 Å². The zero-order valence-electron chi connectivity index (χ0n) is 4.93. The predicted octanol–water partition coefficient (Wildman–Crippen LogP) is 0.00510. The minimum absolute atomic E-state index is 0.499. The fourth-order valence-electron chi connectivity index (χ4n) is 0.261. The molecule has 4 heteroatoms. The van der Waals surface area contributed by atoms with Gasteiger partial charge in [0, 0.05) is 0 Å². The molecule has 0 radical (unpaired) electrons. The topological polar surface area (TPSA) is 46.5 Å². The number of carbonyl (C=O) groups is 1. The number of esters is 1. The Balaban J connectivity index is 3.86. The van der Waals surface area contributed by atoms with Gasteiger partial charge in [0.2, 0.25) is 5.83 Å². The van der Waals surface area contributed by atoms with E-state index in [4.69, 9.17) is 5.11 Å². The van der Waals surface area contributed by atoms with E-state index in [0.29, 0.717) is 0 Å². The summed E-state index contributed by atoms with van der Waals surface area (Å²) in [4.78, 5) is 10.1. The van der Waals surface area contributed by atoms with Gasteiger partial charge < -0.3 is 9.84 Å². The number of rotatable bonds is 2. The molecule has 1 N–H and O–H groups in total. The molecule has 0 aliphatic rings. The highest BCUT2D eigenvalue weighted by molar-refractivity contribution is 5.85. The molecule has 0 aromatic carbocycles. The molecule has 0 aromatic rings. The van der Waals surface area contributed by atoms with Crippen LogP contribution >= 0.6 is 0 Å². The zero-order chi connectivity index (χ0) is 7.28. The largest absolute Gasteiger partial charge is 0.464 e. The number of halogens is 1. The van der Waals surface area contributed by atoms with Crippen molar-refractivity contribution in [1.29, 1.82) is 0 Å². The van der Waals surface area contributed by atoms with Gasteiger partial charge in [-0.2, -0.15) is 4.39 Å². The molecule has 0 fully saturated rings. The first-order valence-corrected chi connectivity index (χ1v) is 2.27. The second kappa shape index (κ2) is 4.03. The highest BCUT2D eigenvalue weighted by Gasteiger charge is 2.05. The lowest BCUT2D eigenvalue weighted by Gasteiger charge is -1.91. The van der Waals surface area contributed by atoms with Gasteiger partial charge >= 0.3 is 5.97 Å². The van der Waals surface area contributed by atoms with E-state index in [1.54, 1.807) is 0 Å². The molecule has 0 aliphatic carbocycles. The van der Waals surface area contributed by atoms with Crippen LogP contribution in [0.4, 0.5) is 4.39 Å². The fraction of sp³-hybridized carbons (Fsp3) is 0.400. The molecule has 0 saturated carbocycles. The first-order chi connectivity index (χ1) is 4.22. The number of aliphatic hydroxyl groups is 1. The molecule has 0 bridgehead atoms. The van der Waals surface area contributed by atoms with Crippen molar-refractivity contribution in [3.8, 4) is 0 Å². The molecule has 0 rings (SSSR count). The number of aliphatic hydroxyl groups excluding tert-OH is 1. The normalized spacial score (nSPS) is 11.2. The van der Waals surface area contributed by atoms with Crippen LogP contribution in [0.25, 0.3) is 0 Å². The third-order valence-corrected chi connectivity index (χ3v) is 0.651. The van der Waals surface area contributed by atoms with E-state index in [1.165, 1.54) is 0 Å². The molecule has 3 nitrogen and oxygen atoms in total. The van der Waals surface area contributed by atoms with Crippen LogP contribution in [0.1, 0.15) is 0 Å². The molecular formula is C5H7FO3. The Bertz CT molecular complexity index is 130. The second-order valence-electron chi connectivity index (χ2n) is 1.23. The van der Waals surface area contributed by atoms with Crippen LogP contribution < -0.4 is 0 Å². The molecular weight excluding hydrogens is 127 g/mol. The van der Waals surface area contributed by atoms with Crippen molar-refractivity contribution in [2.45, 2.75) is 0 Å². The van der Waals surface area contributed by atoms with Crippen molar-refractivity contribution >= 4 is 5.97 Å². The lowest BCUT2D eigenvalue weighted by Crippen LogP contribution is -2.00. The molecule has 0 atom stereocenters. The van der Waals surface area contributed by atoms with Crippen LogP contribution in [-0.4, -0.2) is 24.8 Å². The van der Waals surface area contributed by atoms with Crippen molar-refractivity contribution in [3.05, 3.63) is 11.9 Å². The Morgan fingerprint density at radius 1 is 1.89 bits per heavy atom. The van der Waals surface area contributed by atoms with Crippen molar-refractivity contribution < 1.29 is 19.0 Å². The molecule has 0 heterocycles.